The normalized spacial score (nSPS) is 14.4. The predicted molar refractivity (Wildman–Crippen MR) is 115 cm³/mol. The molecule has 6 heteroatoms. The van der Waals surface area contributed by atoms with Crippen molar-refractivity contribution in [3.8, 4) is 0 Å². The average molecular weight is 425 g/mol. The van der Waals surface area contributed by atoms with Crippen molar-refractivity contribution in [2.24, 2.45) is 0 Å². The highest BCUT2D eigenvalue weighted by molar-refractivity contribution is 9.10. The summed E-state index contributed by atoms with van der Waals surface area (Å²) in [7, 11) is 0.961. The molecule has 0 saturated carbocycles. The van der Waals surface area contributed by atoms with E-state index in [1.54, 1.807) is 11.0 Å². The van der Waals surface area contributed by atoms with Gasteiger partial charge < -0.3 is 9.80 Å². The number of rotatable bonds is 4. The molecule has 138 valence electrons. The number of hydrogen-bond acceptors (Lipinski definition) is 2. The van der Waals surface area contributed by atoms with Crippen molar-refractivity contribution in [2.75, 3.05) is 26.2 Å². The van der Waals surface area contributed by atoms with Crippen LogP contribution in [0.4, 0.5) is 0 Å². The molecule has 0 unspecified atom stereocenters. The van der Waals surface area contributed by atoms with Gasteiger partial charge in [0, 0.05) is 42.3 Å². The molecule has 0 atom stereocenters. The molecule has 4 nitrogen and oxygen atoms in total. The van der Waals surface area contributed by atoms with Gasteiger partial charge >= 0.3 is 0 Å². The number of carbonyl (C=O) groups is 2. The number of carbonyl (C=O) groups excluding carboxylic acids is 2. The third-order valence-corrected chi connectivity index (χ3v) is 5.30. The van der Waals surface area contributed by atoms with Gasteiger partial charge in [0.2, 0.25) is 5.91 Å². The van der Waals surface area contributed by atoms with E-state index in [1.165, 1.54) is 5.46 Å². The molecule has 0 radical (unpaired) electrons. The summed E-state index contributed by atoms with van der Waals surface area (Å²) < 4.78 is 1.01. The maximum absolute atomic E-state index is 12.6. The summed E-state index contributed by atoms with van der Waals surface area (Å²) in [4.78, 5) is 28.6. The number of halogens is 1. The molecule has 0 N–H and O–H groups in total. The maximum atomic E-state index is 12.6. The van der Waals surface area contributed by atoms with Gasteiger partial charge in [-0.3, -0.25) is 9.59 Å². The highest BCUT2D eigenvalue weighted by atomic mass is 79.9. The number of hydrogen-bond donors (Lipinski definition) is 0. The van der Waals surface area contributed by atoms with Crippen LogP contribution in [0.5, 0.6) is 0 Å². The van der Waals surface area contributed by atoms with Crippen molar-refractivity contribution >= 4 is 46.6 Å². The Hall–Kier alpha value is -2.34. The summed E-state index contributed by atoms with van der Waals surface area (Å²) in [6, 6.07) is 15.6. The van der Waals surface area contributed by atoms with Crippen LogP contribution in [-0.2, 0) is 4.79 Å². The standard InChI is InChI=1S/C21H22BBrN2O2/c1-22-18-7-5-17(6-8-18)21(27)25-14-12-24(13-15-25)20(26)11-4-16-2-9-19(23)10-3-16/h2-11,22H,12-15H2,1H3/b11-4+. The summed E-state index contributed by atoms with van der Waals surface area (Å²) in [5, 5.41) is 0. The highest BCUT2D eigenvalue weighted by Gasteiger charge is 2.23. The topological polar surface area (TPSA) is 40.6 Å². The summed E-state index contributed by atoms with van der Waals surface area (Å²) >= 11 is 3.40. The molecular formula is C21H22BBrN2O2. The molecule has 0 bridgehead atoms. The van der Waals surface area contributed by atoms with Crippen LogP contribution in [0.15, 0.2) is 59.1 Å². The number of benzene rings is 2. The Morgan fingerprint density at radius 3 is 2.11 bits per heavy atom. The Kier molecular flexibility index (Phi) is 6.51. The largest absolute Gasteiger partial charge is 0.336 e. The lowest BCUT2D eigenvalue weighted by Gasteiger charge is -2.34. The SMILES string of the molecule is CBc1ccc(C(=O)N2CCN(C(=O)/C=C/c3ccc(Br)cc3)CC2)cc1. The second-order valence-electron chi connectivity index (χ2n) is 6.55. The van der Waals surface area contributed by atoms with E-state index in [-0.39, 0.29) is 11.8 Å². The van der Waals surface area contributed by atoms with E-state index in [0.717, 1.165) is 17.3 Å². The Morgan fingerprint density at radius 1 is 0.926 bits per heavy atom. The minimum atomic E-state index is -0.0164. The van der Waals surface area contributed by atoms with Crippen LogP contribution in [0.2, 0.25) is 6.82 Å². The molecule has 2 amide bonds. The van der Waals surface area contributed by atoms with Crippen LogP contribution in [0.25, 0.3) is 6.08 Å². The van der Waals surface area contributed by atoms with E-state index in [0.29, 0.717) is 31.7 Å². The van der Waals surface area contributed by atoms with Crippen molar-refractivity contribution in [1.29, 1.82) is 0 Å². The molecule has 1 aliphatic rings. The fourth-order valence-electron chi connectivity index (χ4n) is 3.04. The van der Waals surface area contributed by atoms with Gasteiger partial charge in [0.1, 0.15) is 0 Å². The molecule has 0 aromatic heterocycles. The van der Waals surface area contributed by atoms with Crippen LogP contribution in [-0.4, -0.2) is 55.1 Å². The van der Waals surface area contributed by atoms with Crippen LogP contribution >= 0.6 is 15.9 Å². The van der Waals surface area contributed by atoms with Gasteiger partial charge in [-0.05, 0) is 23.8 Å². The molecule has 1 aliphatic heterocycles. The molecule has 2 aromatic rings. The van der Waals surface area contributed by atoms with Crippen LogP contribution in [0, 0.1) is 0 Å². The van der Waals surface area contributed by atoms with Gasteiger partial charge in [0.05, 0.1) is 0 Å². The van der Waals surface area contributed by atoms with Gasteiger partial charge in [0.25, 0.3) is 5.91 Å². The van der Waals surface area contributed by atoms with Gasteiger partial charge in [-0.2, -0.15) is 0 Å². The fourth-order valence-corrected chi connectivity index (χ4v) is 3.31. The molecule has 1 saturated heterocycles. The Labute approximate surface area is 169 Å². The number of piperazine rings is 1. The lowest BCUT2D eigenvalue weighted by molar-refractivity contribution is -0.127. The number of amides is 2. The zero-order valence-electron chi connectivity index (χ0n) is 15.4. The molecule has 3 rings (SSSR count). The van der Waals surface area contributed by atoms with Crippen LogP contribution in [0.3, 0.4) is 0 Å². The van der Waals surface area contributed by atoms with Gasteiger partial charge in [0.15, 0.2) is 7.28 Å². The summed E-state index contributed by atoms with van der Waals surface area (Å²) in [5.41, 5.74) is 2.91. The molecule has 0 spiro atoms. The van der Waals surface area contributed by atoms with Crippen molar-refractivity contribution in [3.63, 3.8) is 0 Å². The molecule has 2 aromatic carbocycles. The quantitative estimate of drug-likeness (QED) is 0.559. The zero-order valence-corrected chi connectivity index (χ0v) is 17.0. The van der Waals surface area contributed by atoms with Gasteiger partial charge in [-0.15, -0.1) is 0 Å². The van der Waals surface area contributed by atoms with E-state index >= 15 is 0 Å². The Bertz CT molecular complexity index is 826. The smallest absolute Gasteiger partial charge is 0.253 e. The van der Waals surface area contributed by atoms with Crippen LogP contribution < -0.4 is 5.46 Å². The van der Waals surface area contributed by atoms with E-state index in [9.17, 15) is 9.59 Å². The van der Waals surface area contributed by atoms with E-state index in [4.69, 9.17) is 0 Å². The third kappa shape index (κ3) is 5.10. The second-order valence-corrected chi connectivity index (χ2v) is 7.47. The lowest BCUT2D eigenvalue weighted by atomic mass is 9.73. The Balaban J connectivity index is 1.53. The molecule has 0 aliphatic carbocycles. The van der Waals surface area contributed by atoms with Crippen molar-refractivity contribution in [2.45, 2.75) is 6.82 Å². The van der Waals surface area contributed by atoms with Gasteiger partial charge in [-0.1, -0.05) is 64.6 Å². The third-order valence-electron chi connectivity index (χ3n) is 4.78. The highest BCUT2D eigenvalue weighted by Crippen LogP contribution is 2.12. The zero-order chi connectivity index (χ0) is 19.2. The van der Waals surface area contributed by atoms with E-state index in [1.807, 2.05) is 59.5 Å². The minimum absolute atomic E-state index is 0.0164. The molecule has 27 heavy (non-hydrogen) atoms. The summed E-state index contributed by atoms with van der Waals surface area (Å²) in [6.45, 7) is 4.33. The van der Waals surface area contributed by atoms with Gasteiger partial charge in [-0.25, -0.2) is 0 Å². The van der Waals surface area contributed by atoms with Crippen molar-refractivity contribution in [3.05, 3.63) is 70.2 Å². The summed E-state index contributed by atoms with van der Waals surface area (Å²) in [5.74, 6) is 0.0208. The molecule has 1 fully saturated rings. The first kappa shape index (κ1) is 19.4. The Morgan fingerprint density at radius 2 is 1.52 bits per heavy atom. The first-order valence-electron chi connectivity index (χ1n) is 9.17. The first-order valence-corrected chi connectivity index (χ1v) is 9.97. The second kappa shape index (κ2) is 9.04. The van der Waals surface area contributed by atoms with Crippen molar-refractivity contribution in [1.82, 2.24) is 9.80 Å². The first-order chi connectivity index (χ1) is 13.1. The monoisotopic (exact) mass is 424 g/mol. The number of nitrogens with zero attached hydrogens (tertiary/aromatic N) is 2. The maximum Gasteiger partial charge on any atom is 0.253 e. The van der Waals surface area contributed by atoms with E-state index in [2.05, 4.69) is 22.8 Å². The predicted octanol–water partition coefficient (Wildman–Crippen LogP) is 2.56. The van der Waals surface area contributed by atoms with Crippen molar-refractivity contribution < 1.29 is 9.59 Å². The lowest BCUT2D eigenvalue weighted by Crippen LogP contribution is -2.50. The summed E-state index contributed by atoms with van der Waals surface area (Å²) in [6.07, 6.45) is 3.42. The van der Waals surface area contributed by atoms with E-state index < -0.39 is 0 Å². The fraction of sp³-hybridized carbons (Fsp3) is 0.238. The molecule has 1 heterocycles. The minimum Gasteiger partial charge on any atom is -0.336 e. The average Bonchev–Trinajstić information content (AvgIpc) is 2.73. The molecular weight excluding hydrogens is 403 g/mol. The van der Waals surface area contributed by atoms with Crippen LogP contribution in [0.1, 0.15) is 15.9 Å².